The van der Waals surface area contributed by atoms with Gasteiger partial charge < -0.3 is 0 Å². The quantitative estimate of drug-likeness (QED) is 0.316. The molecule has 3 heteroatoms. The van der Waals surface area contributed by atoms with Crippen molar-refractivity contribution in [1.82, 2.24) is 0 Å². The third-order valence-electron chi connectivity index (χ3n) is 1.59. The molecule has 0 N–H and O–H groups in total. The average Bonchev–Trinajstić information content (AvgIpc) is 1.69. The van der Waals surface area contributed by atoms with Gasteiger partial charge in [0.05, 0.1) is 0 Å². The van der Waals surface area contributed by atoms with Gasteiger partial charge in [-0.05, 0) is 10.6 Å². The Balaban J connectivity index is 2.39. The van der Waals surface area contributed by atoms with Crippen LogP contribution in [0.15, 0.2) is 0 Å². The van der Waals surface area contributed by atoms with Crippen molar-refractivity contribution in [3.05, 3.63) is 0 Å². The van der Waals surface area contributed by atoms with Crippen LogP contribution in [0.2, 0.25) is 0 Å². The van der Waals surface area contributed by atoms with Crippen LogP contribution in [0.5, 0.6) is 0 Å². The van der Waals surface area contributed by atoms with E-state index in [0.717, 1.165) is 15.2 Å². The first-order valence-corrected chi connectivity index (χ1v) is 5.57. The second-order valence-corrected chi connectivity index (χ2v) is 9.11. The first-order valence-electron chi connectivity index (χ1n) is 1.90. The van der Waals surface area contributed by atoms with Gasteiger partial charge in [-0.2, -0.15) is 0 Å². The van der Waals surface area contributed by atoms with Crippen molar-refractivity contribution in [2.24, 2.45) is 0 Å². The SMILES string of the molecule is [B]1C2P3C1P23. The monoisotopic (exact) mass is 99.0 g/mol. The van der Waals surface area contributed by atoms with Crippen LogP contribution in [0, 0.1) is 0 Å². The van der Waals surface area contributed by atoms with Gasteiger partial charge in [-0.1, -0.05) is 15.2 Å². The van der Waals surface area contributed by atoms with Crippen molar-refractivity contribution in [3.63, 3.8) is 0 Å². The molecule has 0 aromatic heterocycles. The Morgan fingerprint density at radius 3 is 1.60 bits per heavy atom. The highest BCUT2D eigenvalue weighted by Crippen LogP contribution is 3.24. The van der Waals surface area contributed by atoms with Crippen LogP contribution in [-0.2, 0) is 0 Å². The van der Waals surface area contributed by atoms with E-state index in [4.69, 9.17) is 0 Å². The minimum atomic E-state index is 0.842. The van der Waals surface area contributed by atoms with E-state index in [1.807, 2.05) is 0 Å². The smallest absolute Gasteiger partial charge is 0.0818 e. The van der Waals surface area contributed by atoms with Crippen molar-refractivity contribution < 1.29 is 0 Å². The van der Waals surface area contributed by atoms with E-state index in [0.29, 0.717) is 0 Å². The van der Waals surface area contributed by atoms with Gasteiger partial charge in [0.25, 0.3) is 0 Å². The predicted molar refractivity (Wildman–Crippen MR) is 27.2 cm³/mol. The van der Waals surface area contributed by atoms with E-state index in [9.17, 15) is 0 Å². The lowest BCUT2D eigenvalue weighted by molar-refractivity contribution is 1.61. The summed E-state index contributed by atoms with van der Waals surface area (Å²) in [4.78, 5) is 0. The summed E-state index contributed by atoms with van der Waals surface area (Å²) in [6.45, 7) is 0. The van der Waals surface area contributed by atoms with Crippen LogP contribution in [0.25, 0.3) is 0 Å². The molecule has 0 nitrogen and oxygen atoms in total. The van der Waals surface area contributed by atoms with Crippen molar-refractivity contribution in [1.29, 1.82) is 0 Å². The Labute approximate surface area is 34.0 Å². The first-order chi connectivity index (χ1) is 2.48. The van der Waals surface area contributed by atoms with Crippen molar-refractivity contribution in [3.8, 4) is 0 Å². The molecule has 4 heterocycles. The highest BCUT2D eigenvalue weighted by molar-refractivity contribution is 8.68. The summed E-state index contributed by atoms with van der Waals surface area (Å²) >= 11 is 0. The fourth-order valence-electron chi connectivity index (χ4n) is 0.974. The number of hydrogen-bond acceptors (Lipinski definition) is 0. The first kappa shape index (κ1) is 2.29. The van der Waals surface area contributed by atoms with Crippen LogP contribution in [0.4, 0.5) is 0 Å². The maximum atomic E-state index is 2.54. The van der Waals surface area contributed by atoms with Gasteiger partial charge in [-0.15, -0.1) is 0 Å². The van der Waals surface area contributed by atoms with E-state index < -0.39 is 0 Å². The Bertz CT molecular complexity index is 71.8. The Kier molecular flexibility index (Phi) is 0.179. The Morgan fingerprint density at radius 2 is 1.60 bits per heavy atom. The topological polar surface area (TPSA) is 0 Å². The minimum absolute atomic E-state index is 0.842. The van der Waals surface area contributed by atoms with Crippen molar-refractivity contribution in [2.75, 3.05) is 0 Å². The van der Waals surface area contributed by atoms with Gasteiger partial charge in [0, 0.05) is 0 Å². The van der Waals surface area contributed by atoms with E-state index in [1.165, 1.54) is 10.6 Å². The zero-order valence-electron chi connectivity index (χ0n) is 2.63. The van der Waals surface area contributed by atoms with E-state index >= 15 is 0 Å². The minimum Gasteiger partial charge on any atom is -0.0818 e. The summed E-state index contributed by atoms with van der Waals surface area (Å²) in [7, 11) is 4.22. The van der Waals surface area contributed by atoms with Gasteiger partial charge in [-0.3, -0.25) is 0 Å². The highest BCUT2D eigenvalue weighted by atomic mass is 32.2. The van der Waals surface area contributed by atoms with Crippen LogP contribution < -0.4 is 0 Å². The molecular formula is C2H2BP2. The van der Waals surface area contributed by atoms with Crippen LogP contribution in [0.3, 0.4) is 0 Å². The van der Waals surface area contributed by atoms with E-state index in [1.54, 1.807) is 0 Å². The molecule has 23 valence electrons. The van der Waals surface area contributed by atoms with Crippen LogP contribution in [-0.4, -0.2) is 17.9 Å². The van der Waals surface area contributed by atoms with Gasteiger partial charge in [-0.25, -0.2) is 0 Å². The molecular weight excluding hydrogens is 96.8 g/mol. The van der Waals surface area contributed by atoms with E-state index in [-0.39, 0.29) is 0 Å². The van der Waals surface area contributed by atoms with Gasteiger partial charge in [0.2, 0.25) is 0 Å². The van der Waals surface area contributed by atoms with Gasteiger partial charge in [0.1, 0.15) is 7.28 Å². The van der Waals surface area contributed by atoms with Crippen LogP contribution in [0.1, 0.15) is 0 Å². The second-order valence-electron chi connectivity index (χ2n) is 1.78. The van der Waals surface area contributed by atoms with Crippen LogP contribution >= 0.6 is 15.2 Å². The molecule has 5 heavy (non-hydrogen) atoms. The summed E-state index contributed by atoms with van der Waals surface area (Å²) in [5.41, 5.74) is 0. The lowest BCUT2D eigenvalue weighted by Gasteiger charge is -2.17. The Hall–Kier alpha value is 0.925. The standard InChI is InChI=1S/C2H2BP2/c3-1-4-2(3)5(1)4/h1-2H. The lowest BCUT2D eigenvalue weighted by atomic mass is 9.82. The molecule has 0 aromatic carbocycles. The summed E-state index contributed by atoms with van der Waals surface area (Å²) in [6, 6.07) is 0. The van der Waals surface area contributed by atoms with Gasteiger partial charge in [0.15, 0.2) is 0 Å². The maximum absolute atomic E-state index is 2.54. The molecule has 4 aliphatic rings. The summed E-state index contributed by atoms with van der Waals surface area (Å²) in [6.07, 6.45) is 0. The molecule has 1 radical (unpaired) electrons. The fourth-order valence-corrected chi connectivity index (χ4v) is 9.88. The molecule has 4 aliphatic heterocycles. The number of hydrogen-bond donors (Lipinski definition) is 0. The second kappa shape index (κ2) is 0.391. The van der Waals surface area contributed by atoms with Crippen molar-refractivity contribution in [2.45, 2.75) is 10.6 Å². The normalized spacial score (nSPS) is 89.6. The fraction of sp³-hybridized carbons (Fsp3) is 1.00. The molecule has 0 amide bonds. The lowest BCUT2D eigenvalue weighted by Crippen LogP contribution is -2.25. The summed E-state index contributed by atoms with van der Waals surface area (Å²) in [5.74, 6) is 0. The molecule has 0 saturated carbocycles. The number of rotatable bonds is 0. The summed E-state index contributed by atoms with van der Waals surface area (Å²) < 4.78 is 0. The molecule has 0 atom stereocenters. The molecule has 0 aliphatic carbocycles. The molecule has 4 rings (SSSR count). The molecule has 0 unspecified atom stereocenters. The Morgan fingerprint density at radius 1 is 1.20 bits per heavy atom. The average molecular weight is 98.8 g/mol. The van der Waals surface area contributed by atoms with Gasteiger partial charge >= 0.3 is 0 Å². The zero-order valence-corrected chi connectivity index (χ0v) is 4.42. The third-order valence-corrected chi connectivity index (χ3v) is 10.1. The summed E-state index contributed by atoms with van der Waals surface area (Å²) in [5, 5.41) is 2.59. The molecule has 0 aromatic rings. The zero-order chi connectivity index (χ0) is 3.02. The largest absolute Gasteiger partial charge is 0.142 e. The predicted octanol–water partition coefficient (Wildman–Crippen LogP) is 1.18. The van der Waals surface area contributed by atoms with E-state index in [2.05, 4.69) is 7.28 Å². The van der Waals surface area contributed by atoms with Crippen molar-refractivity contribution >= 4 is 22.5 Å². The molecule has 4 fully saturated rings. The molecule has 4 saturated heterocycles. The molecule has 2 bridgehead atoms. The highest BCUT2D eigenvalue weighted by Gasteiger charge is 2.83. The third kappa shape index (κ3) is 0.0962. The molecule has 0 spiro atoms. The maximum Gasteiger partial charge on any atom is 0.142 e.